The topological polar surface area (TPSA) is 65.1 Å². The van der Waals surface area contributed by atoms with Crippen LogP contribution in [-0.4, -0.2) is 16.1 Å². The Morgan fingerprint density at radius 3 is 3.00 bits per heavy atom. The summed E-state index contributed by atoms with van der Waals surface area (Å²) in [5.74, 6) is -0.503. The first-order valence-electron chi connectivity index (χ1n) is 2.42. The minimum atomic E-state index is -0.503. The Morgan fingerprint density at radius 1 is 1.78 bits per heavy atom. The van der Waals surface area contributed by atoms with E-state index in [1.807, 2.05) is 0 Å². The fourth-order valence-corrected chi connectivity index (χ4v) is 0.530. The van der Waals surface area contributed by atoms with Crippen LogP contribution in [0.25, 0.3) is 0 Å². The van der Waals surface area contributed by atoms with Gasteiger partial charge in [-0.1, -0.05) is 0 Å². The van der Waals surface area contributed by atoms with Crippen molar-refractivity contribution in [3.8, 4) is 0 Å². The minimum Gasteiger partial charge on any atom is -0.367 e. The zero-order valence-corrected chi connectivity index (χ0v) is 4.59. The molecule has 0 aliphatic carbocycles. The zero-order valence-electron chi connectivity index (χ0n) is 4.59. The average molecular weight is 126 g/mol. The molecule has 4 heteroatoms. The van der Waals surface area contributed by atoms with Gasteiger partial charge in [-0.05, 0) is 6.07 Å². The van der Waals surface area contributed by atoms with Crippen LogP contribution in [0.15, 0.2) is 18.5 Å². The minimum absolute atomic E-state index is 0.414. The van der Waals surface area contributed by atoms with E-state index < -0.39 is 5.91 Å². The number of H-pyrrole nitrogens is 1. The number of nitrogens with one attached hydrogen (secondary N) is 2. The molecule has 0 saturated heterocycles. The van der Waals surface area contributed by atoms with E-state index in [-0.39, 0.29) is 0 Å². The summed E-state index contributed by atoms with van der Waals surface area (Å²) < 4.78 is 0. The number of carbonyl (C=O) groups is 1. The highest BCUT2D eigenvalue weighted by Crippen LogP contribution is 1.93. The molecule has 3 N–H and O–H groups in total. The number of aromatic nitrogens is 1. The smallest absolute Gasteiger partial charge is 0.276 e. The molecule has 9 heavy (non-hydrogen) atoms. The normalized spacial score (nSPS) is 9.00. The van der Waals surface area contributed by atoms with Crippen molar-refractivity contribution in [2.24, 2.45) is 0 Å². The molecule has 0 aliphatic heterocycles. The third-order valence-corrected chi connectivity index (χ3v) is 0.962. The molecule has 0 spiro atoms. The molecule has 0 aliphatic rings. The Hall–Kier alpha value is -1.29. The maximum atomic E-state index is 10.5. The summed E-state index contributed by atoms with van der Waals surface area (Å²) >= 11 is 0. The fourth-order valence-electron chi connectivity index (χ4n) is 0.530. The highest BCUT2D eigenvalue weighted by molar-refractivity contribution is 5.92. The number of carbonyl (C=O) groups excluding carboxylic acids is 1. The van der Waals surface area contributed by atoms with Gasteiger partial charge in [0.25, 0.3) is 5.91 Å². The second-order valence-corrected chi connectivity index (χ2v) is 1.54. The van der Waals surface area contributed by atoms with E-state index >= 15 is 0 Å². The van der Waals surface area contributed by atoms with Crippen LogP contribution in [0.5, 0.6) is 0 Å². The van der Waals surface area contributed by atoms with Crippen molar-refractivity contribution in [2.75, 3.05) is 0 Å². The Kier molecular flexibility index (Phi) is 1.51. The molecule has 0 aromatic carbocycles. The Balaban J connectivity index is 2.77. The number of hydrogen-bond acceptors (Lipinski definition) is 2. The van der Waals surface area contributed by atoms with Gasteiger partial charge in [-0.3, -0.25) is 10.0 Å². The van der Waals surface area contributed by atoms with Crippen molar-refractivity contribution in [3.05, 3.63) is 24.0 Å². The van der Waals surface area contributed by atoms with Crippen molar-refractivity contribution in [1.29, 1.82) is 0 Å². The van der Waals surface area contributed by atoms with Crippen molar-refractivity contribution in [2.45, 2.75) is 0 Å². The summed E-state index contributed by atoms with van der Waals surface area (Å²) in [5, 5.41) is 8.09. The zero-order chi connectivity index (χ0) is 6.69. The molecule has 1 rings (SSSR count). The second-order valence-electron chi connectivity index (χ2n) is 1.54. The number of hydrogen-bond donors (Lipinski definition) is 3. The fraction of sp³-hybridized carbons (Fsp3) is 0. The van der Waals surface area contributed by atoms with Crippen LogP contribution < -0.4 is 5.48 Å². The van der Waals surface area contributed by atoms with Crippen molar-refractivity contribution in [1.82, 2.24) is 10.5 Å². The molecule has 0 fully saturated rings. The highest BCUT2D eigenvalue weighted by atomic mass is 16.5. The number of hydroxylamine groups is 1. The van der Waals surface area contributed by atoms with Crippen LogP contribution in [0.2, 0.25) is 0 Å². The summed E-state index contributed by atoms with van der Waals surface area (Å²) in [7, 11) is 0. The highest BCUT2D eigenvalue weighted by Gasteiger charge is 2.00. The van der Waals surface area contributed by atoms with E-state index in [4.69, 9.17) is 5.21 Å². The molecule has 0 radical (unpaired) electrons. The lowest BCUT2D eigenvalue weighted by atomic mass is 10.3. The van der Waals surface area contributed by atoms with Gasteiger partial charge < -0.3 is 4.98 Å². The van der Waals surface area contributed by atoms with Crippen LogP contribution in [0.4, 0.5) is 0 Å². The summed E-state index contributed by atoms with van der Waals surface area (Å²) in [6.07, 6.45) is 3.09. The first-order chi connectivity index (χ1) is 4.34. The van der Waals surface area contributed by atoms with Gasteiger partial charge in [0.05, 0.1) is 5.56 Å². The van der Waals surface area contributed by atoms with Gasteiger partial charge in [-0.2, -0.15) is 0 Å². The quantitative estimate of drug-likeness (QED) is 0.370. The molecule has 4 nitrogen and oxygen atoms in total. The largest absolute Gasteiger partial charge is 0.367 e. The van der Waals surface area contributed by atoms with E-state index in [2.05, 4.69) is 4.98 Å². The van der Waals surface area contributed by atoms with Crippen molar-refractivity contribution >= 4 is 5.91 Å². The first kappa shape index (κ1) is 5.84. The third-order valence-electron chi connectivity index (χ3n) is 0.962. The Morgan fingerprint density at radius 2 is 2.56 bits per heavy atom. The molecule has 1 amide bonds. The third kappa shape index (κ3) is 1.09. The molecule has 1 heterocycles. The van der Waals surface area contributed by atoms with Crippen LogP contribution in [0.1, 0.15) is 10.4 Å². The van der Waals surface area contributed by atoms with Crippen LogP contribution in [0.3, 0.4) is 0 Å². The van der Waals surface area contributed by atoms with Crippen LogP contribution >= 0.6 is 0 Å². The number of rotatable bonds is 1. The van der Waals surface area contributed by atoms with E-state index in [1.165, 1.54) is 11.7 Å². The van der Waals surface area contributed by atoms with E-state index in [0.29, 0.717) is 5.56 Å². The van der Waals surface area contributed by atoms with E-state index in [1.54, 1.807) is 12.3 Å². The van der Waals surface area contributed by atoms with E-state index in [9.17, 15) is 4.79 Å². The maximum Gasteiger partial charge on any atom is 0.276 e. The lowest BCUT2D eigenvalue weighted by Crippen LogP contribution is -2.17. The number of aromatic amines is 1. The van der Waals surface area contributed by atoms with Crippen LogP contribution in [-0.2, 0) is 0 Å². The monoisotopic (exact) mass is 126 g/mol. The molecular weight excluding hydrogens is 120 g/mol. The first-order valence-corrected chi connectivity index (χ1v) is 2.42. The average Bonchev–Trinajstić information content (AvgIpc) is 2.37. The molecular formula is C5H6N2O2. The SMILES string of the molecule is O=C(NO)c1cc[nH]c1. The molecule has 1 aromatic heterocycles. The van der Waals surface area contributed by atoms with Gasteiger partial charge in [-0.25, -0.2) is 5.48 Å². The molecule has 0 saturated carbocycles. The lowest BCUT2D eigenvalue weighted by Gasteiger charge is -1.89. The molecule has 0 unspecified atom stereocenters. The summed E-state index contributed by atoms with van der Waals surface area (Å²) in [5.41, 5.74) is 1.92. The van der Waals surface area contributed by atoms with Crippen molar-refractivity contribution < 1.29 is 10.0 Å². The summed E-state index contributed by atoms with van der Waals surface area (Å²) in [6, 6.07) is 1.56. The Bertz CT molecular complexity index is 193. The number of amides is 1. The molecule has 0 atom stereocenters. The maximum absolute atomic E-state index is 10.5. The predicted molar refractivity (Wildman–Crippen MR) is 30.0 cm³/mol. The van der Waals surface area contributed by atoms with Gasteiger partial charge in [0, 0.05) is 12.4 Å². The van der Waals surface area contributed by atoms with Gasteiger partial charge in [0.1, 0.15) is 0 Å². The van der Waals surface area contributed by atoms with E-state index in [0.717, 1.165) is 0 Å². The lowest BCUT2D eigenvalue weighted by molar-refractivity contribution is 0.0706. The second kappa shape index (κ2) is 2.32. The van der Waals surface area contributed by atoms with Gasteiger partial charge >= 0.3 is 0 Å². The summed E-state index contributed by atoms with van der Waals surface area (Å²) in [6.45, 7) is 0. The van der Waals surface area contributed by atoms with Crippen molar-refractivity contribution in [3.63, 3.8) is 0 Å². The Labute approximate surface area is 51.5 Å². The summed E-state index contributed by atoms with van der Waals surface area (Å²) in [4.78, 5) is 13.2. The van der Waals surface area contributed by atoms with Crippen LogP contribution in [0, 0.1) is 0 Å². The molecule has 0 bridgehead atoms. The predicted octanol–water partition coefficient (Wildman–Crippen LogP) is 0.134. The standard InChI is InChI=1S/C5H6N2O2/c8-5(7-9)4-1-2-6-3-4/h1-3,6,9H,(H,7,8). The van der Waals surface area contributed by atoms with Gasteiger partial charge in [-0.15, -0.1) is 0 Å². The van der Waals surface area contributed by atoms with Gasteiger partial charge in [0.15, 0.2) is 0 Å². The molecule has 1 aromatic rings. The molecule has 48 valence electrons. The van der Waals surface area contributed by atoms with Gasteiger partial charge in [0.2, 0.25) is 0 Å².